The van der Waals surface area contributed by atoms with Crippen molar-refractivity contribution in [3.8, 4) is 5.69 Å². The summed E-state index contributed by atoms with van der Waals surface area (Å²) in [5, 5.41) is 5.72. The number of aryl methyl sites for hydroxylation is 1. The fourth-order valence-corrected chi connectivity index (χ4v) is 2.99. The number of para-hydroxylation sites is 1. The first kappa shape index (κ1) is 19.4. The minimum absolute atomic E-state index is 0.108. The molecule has 6 nitrogen and oxygen atoms in total. The largest absolute Gasteiger partial charge is 0.352 e. The molecule has 0 aliphatic carbocycles. The molecule has 2 N–H and O–H groups in total. The van der Waals surface area contributed by atoms with Crippen molar-refractivity contribution in [1.29, 1.82) is 0 Å². The van der Waals surface area contributed by atoms with Crippen LogP contribution in [0.5, 0.6) is 0 Å². The Morgan fingerprint density at radius 1 is 1.04 bits per heavy atom. The minimum Gasteiger partial charge on any atom is -0.352 e. The monoisotopic (exact) mass is 376 g/mol. The highest BCUT2D eigenvalue weighted by atomic mass is 16.2. The van der Waals surface area contributed by atoms with Crippen molar-refractivity contribution < 1.29 is 9.59 Å². The number of hydrogen-bond donors (Lipinski definition) is 2. The van der Waals surface area contributed by atoms with Crippen LogP contribution in [-0.2, 0) is 17.8 Å². The number of nitrogens with zero attached hydrogens (tertiary/aromatic N) is 2. The number of carbonyl (C=O) groups excluding carboxylic acids is 2. The van der Waals surface area contributed by atoms with Crippen molar-refractivity contribution in [2.45, 2.75) is 26.8 Å². The maximum Gasteiger partial charge on any atom is 0.253 e. The number of hydrogen-bond acceptors (Lipinski definition) is 3. The van der Waals surface area contributed by atoms with Crippen molar-refractivity contribution in [2.24, 2.45) is 0 Å². The van der Waals surface area contributed by atoms with Crippen molar-refractivity contribution >= 4 is 11.8 Å². The lowest BCUT2D eigenvalue weighted by Crippen LogP contribution is -2.27. The topological polar surface area (TPSA) is 76.0 Å². The first-order chi connectivity index (χ1) is 13.5. The predicted molar refractivity (Wildman–Crippen MR) is 108 cm³/mol. The van der Waals surface area contributed by atoms with Crippen molar-refractivity contribution in [3.05, 3.63) is 83.4 Å². The highest BCUT2D eigenvalue weighted by Gasteiger charge is 2.13. The van der Waals surface area contributed by atoms with E-state index in [2.05, 4.69) is 34.7 Å². The van der Waals surface area contributed by atoms with Crippen LogP contribution in [0, 0.1) is 6.92 Å². The first-order valence-corrected chi connectivity index (χ1v) is 9.24. The fraction of sp³-hybridized carbons (Fsp3) is 0.227. The zero-order chi connectivity index (χ0) is 19.9. The maximum absolute atomic E-state index is 12.7. The van der Waals surface area contributed by atoms with E-state index in [1.54, 1.807) is 17.0 Å². The van der Waals surface area contributed by atoms with Gasteiger partial charge in [-0.3, -0.25) is 9.59 Å². The molecular weight excluding hydrogens is 352 g/mol. The third-order valence-electron chi connectivity index (χ3n) is 4.52. The molecule has 0 radical (unpaired) electrons. The summed E-state index contributed by atoms with van der Waals surface area (Å²) >= 11 is 0. The van der Waals surface area contributed by atoms with Crippen LogP contribution in [0.1, 0.15) is 34.1 Å². The molecule has 2 aromatic carbocycles. The van der Waals surface area contributed by atoms with E-state index in [1.165, 1.54) is 18.1 Å². The van der Waals surface area contributed by atoms with Crippen LogP contribution in [0.25, 0.3) is 5.69 Å². The van der Waals surface area contributed by atoms with E-state index in [-0.39, 0.29) is 11.8 Å². The zero-order valence-electron chi connectivity index (χ0n) is 16.1. The summed E-state index contributed by atoms with van der Waals surface area (Å²) in [6, 6.07) is 15.6. The van der Waals surface area contributed by atoms with Gasteiger partial charge in [0, 0.05) is 19.7 Å². The average molecular weight is 376 g/mol. The summed E-state index contributed by atoms with van der Waals surface area (Å²) < 4.78 is 1.80. The van der Waals surface area contributed by atoms with Gasteiger partial charge in [-0.2, -0.15) is 0 Å². The van der Waals surface area contributed by atoms with Gasteiger partial charge in [-0.15, -0.1) is 0 Å². The second-order valence-electron chi connectivity index (χ2n) is 6.63. The summed E-state index contributed by atoms with van der Waals surface area (Å²) in [4.78, 5) is 28.1. The molecule has 2 amide bonds. The van der Waals surface area contributed by atoms with E-state index >= 15 is 0 Å². The van der Waals surface area contributed by atoms with Gasteiger partial charge in [-0.25, -0.2) is 4.98 Å². The molecule has 0 bridgehead atoms. The molecule has 3 aromatic rings. The molecule has 0 aliphatic rings. The van der Waals surface area contributed by atoms with Gasteiger partial charge in [0.05, 0.1) is 29.8 Å². The third-order valence-corrected chi connectivity index (χ3v) is 4.52. The van der Waals surface area contributed by atoms with Gasteiger partial charge < -0.3 is 15.2 Å². The molecule has 0 unspecified atom stereocenters. The number of imidazole rings is 1. The first-order valence-electron chi connectivity index (χ1n) is 9.24. The highest BCUT2D eigenvalue weighted by Crippen LogP contribution is 2.15. The van der Waals surface area contributed by atoms with Gasteiger partial charge >= 0.3 is 0 Å². The molecule has 28 heavy (non-hydrogen) atoms. The quantitative estimate of drug-likeness (QED) is 0.666. The van der Waals surface area contributed by atoms with Crippen LogP contribution in [0.3, 0.4) is 0 Å². The summed E-state index contributed by atoms with van der Waals surface area (Å²) in [7, 11) is 0. The summed E-state index contributed by atoms with van der Waals surface area (Å²) in [5.74, 6) is -0.232. The van der Waals surface area contributed by atoms with E-state index in [0.29, 0.717) is 18.7 Å². The number of rotatable bonds is 7. The molecule has 144 valence electrons. The Bertz CT molecular complexity index is 978. The number of nitrogens with one attached hydrogen (secondary N) is 2. The molecule has 1 heterocycles. The zero-order valence-corrected chi connectivity index (χ0v) is 16.1. The lowest BCUT2D eigenvalue weighted by Gasteiger charge is -2.11. The Kier molecular flexibility index (Phi) is 6.22. The highest BCUT2D eigenvalue weighted by molar-refractivity contribution is 5.97. The van der Waals surface area contributed by atoms with Gasteiger partial charge in [0.1, 0.15) is 0 Å². The Morgan fingerprint density at radius 2 is 1.79 bits per heavy atom. The second-order valence-corrected chi connectivity index (χ2v) is 6.63. The molecule has 0 saturated carbocycles. The lowest BCUT2D eigenvalue weighted by atomic mass is 10.1. The van der Waals surface area contributed by atoms with Crippen LogP contribution in [0.4, 0.5) is 0 Å². The smallest absolute Gasteiger partial charge is 0.253 e. The molecule has 0 aliphatic heterocycles. The van der Waals surface area contributed by atoms with E-state index in [0.717, 1.165) is 17.8 Å². The number of carbonyl (C=O) groups is 2. The molecule has 0 atom stereocenters. The van der Waals surface area contributed by atoms with Gasteiger partial charge in [-0.1, -0.05) is 36.4 Å². The van der Waals surface area contributed by atoms with Crippen LogP contribution in [0.2, 0.25) is 0 Å². The third kappa shape index (κ3) is 4.85. The van der Waals surface area contributed by atoms with Crippen molar-refractivity contribution in [3.63, 3.8) is 0 Å². The summed E-state index contributed by atoms with van der Waals surface area (Å²) in [6.07, 6.45) is 4.25. The lowest BCUT2D eigenvalue weighted by molar-refractivity contribution is -0.119. The molecule has 1 aromatic heterocycles. The van der Waals surface area contributed by atoms with E-state index in [4.69, 9.17) is 0 Å². The SMILES string of the molecule is CC(=O)NCc1cn(-c2ccccc2C(=O)NCCc2ccccc2C)cn1. The van der Waals surface area contributed by atoms with Gasteiger partial charge in [0.25, 0.3) is 5.91 Å². The molecule has 6 heteroatoms. The fourth-order valence-electron chi connectivity index (χ4n) is 2.99. The number of amides is 2. The van der Waals surface area contributed by atoms with Gasteiger partial charge in [0.2, 0.25) is 5.91 Å². The Labute approximate surface area is 164 Å². The Morgan fingerprint density at radius 3 is 2.57 bits per heavy atom. The van der Waals surface area contributed by atoms with Crippen molar-refractivity contribution in [2.75, 3.05) is 6.54 Å². The van der Waals surface area contributed by atoms with Crippen molar-refractivity contribution in [1.82, 2.24) is 20.2 Å². The number of aromatic nitrogens is 2. The second kappa shape index (κ2) is 8.99. The molecule has 0 spiro atoms. The Balaban J connectivity index is 1.68. The molecule has 0 fully saturated rings. The summed E-state index contributed by atoms with van der Waals surface area (Å²) in [6.45, 7) is 4.46. The van der Waals surface area contributed by atoms with E-state index < -0.39 is 0 Å². The standard InChI is InChI=1S/C22H24N4O2/c1-16-7-3-4-8-18(16)11-12-23-22(28)20-9-5-6-10-21(20)26-14-19(25-15-26)13-24-17(2)27/h3-10,14-15H,11-13H2,1-2H3,(H,23,28)(H,24,27). The normalized spacial score (nSPS) is 10.5. The summed E-state index contributed by atoms with van der Waals surface area (Å²) in [5.41, 5.74) is 4.51. The van der Waals surface area contributed by atoms with E-state index in [9.17, 15) is 9.59 Å². The molecule has 0 saturated heterocycles. The average Bonchev–Trinajstić information content (AvgIpc) is 3.17. The van der Waals surface area contributed by atoms with Crippen LogP contribution in [0.15, 0.2) is 61.1 Å². The van der Waals surface area contributed by atoms with Gasteiger partial charge in [-0.05, 0) is 36.6 Å². The molecule has 3 rings (SSSR count). The Hall–Kier alpha value is -3.41. The molecular formula is C22H24N4O2. The van der Waals surface area contributed by atoms with E-state index in [1.807, 2.05) is 36.5 Å². The van der Waals surface area contributed by atoms with Gasteiger partial charge in [0.15, 0.2) is 0 Å². The number of benzene rings is 2. The predicted octanol–water partition coefficient (Wildman–Crippen LogP) is 2.79. The van der Waals surface area contributed by atoms with Crippen LogP contribution < -0.4 is 10.6 Å². The van der Waals surface area contributed by atoms with Crippen LogP contribution in [-0.4, -0.2) is 27.9 Å². The van der Waals surface area contributed by atoms with Crippen LogP contribution >= 0.6 is 0 Å². The maximum atomic E-state index is 12.7. The minimum atomic E-state index is -0.124.